The van der Waals surface area contributed by atoms with Crippen molar-refractivity contribution >= 4 is 6.09 Å². The highest BCUT2D eigenvalue weighted by Crippen LogP contribution is 2.49. The smallest absolute Gasteiger partial charge is 0.410 e. The van der Waals surface area contributed by atoms with Gasteiger partial charge in [0.2, 0.25) is 0 Å². The van der Waals surface area contributed by atoms with Gasteiger partial charge in [-0.05, 0) is 76.5 Å². The van der Waals surface area contributed by atoms with E-state index in [9.17, 15) is 9.90 Å². The lowest BCUT2D eigenvalue weighted by Gasteiger charge is -2.55. The summed E-state index contributed by atoms with van der Waals surface area (Å²) in [6.07, 6.45) is 8.49. The molecule has 1 unspecified atom stereocenters. The van der Waals surface area contributed by atoms with Crippen LogP contribution in [0.1, 0.15) is 56.3 Å². The van der Waals surface area contributed by atoms with Crippen molar-refractivity contribution in [2.45, 2.75) is 50.9 Å². The molecule has 2 aromatic heterocycles. The Morgan fingerprint density at radius 2 is 1.59 bits per heavy atom. The summed E-state index contributed by atoms with van der Waals surface area (Å²) in [5.41, 5.74) is 0.506. The summed E-state index contributed by atoms with van der Waals surface area (Å²) in [5, 5.41) is 12.8. The second kappa shape index (κ2) is 10.6. The van der Waals surface area contributed by atoms with Crippen LogP contribution in [0.5, 0.6) is 5.75 Å². The predicted molar refractivity (Wildman–Crippen MR) is 148 cm³/mol. The molecule has 1 aromatic carbocycles. The molecule has 1 atom stereocenters. The van der Waals surface area contributed by atoms with E-state index in [4.69, 9.17) is 9.47 Å². The lowest BCUT2D eigenvalue weighted by Crippen LogP contribution is -2.63. The van der Waals surface area contributed by atoms with Crippen molar-refractivity contribution in [3.05, 3.63) is 90.0 Å². The molecule has 8 nitrogen and oxygen atoms in total. The number of piperidine rings is 1. The van der Waals surface area contributed by atoms with Crippen LogP contribution < -0.4 is 4.74 Å². The maximum Gasteiger partial charge on any atom is 0.410 e. The number of hydrogen-bond acceptors (Lipinski definition) is 7. The third-order valence-corrected chi connectivity index (χ3v) is 7.94. The third-order valence-electron chi connectivity index (χ3n) is 7.94. The van der Waals surface area contributed by atoms with Gasteiger partial charge in [-0.3, -0.25) is 14.9 Å². The minimum absolute atomic E-state index is 0.0764. The minimum atomic E-state index is -1.42. The van der Waals surface area contributed by atoms with Crippen molar-refractivity contribution in [1.29, 1.82) is 0 Å². The fourth-order valence-electron chi connectivity index (χ4n) is 5.98. The van der Waals surface area contributed by atoms with Crippen molar-refractivity contribution in [3.63, 3.8) is 0 Å². The van der Waals surface area contributed by atoms with Crippen LogP contribution in [-0.2, 0) is 10.3 Å². The van der Waals surface area contributed by atoms with Crippen LogP contribution in [-0.4, -0.2) is 69.9 Å². The van der Waals surface area contributed by atoms with Gasteiger partial charge >= 0.3 is 6.09 Å². The van der Waals surface area contributed by atoms with Gasteiger partial charge < -0.3 is 19.5 Å². The summed E-state index contributed by atoms with van der Waals surface area (Å²) in [6.45, 7) is 8.62. The Morgan fingerprint density at radius 3 is 2.10 bits per heavy atom. The number of rotatable bonds is 6. The molecular weight excluding hydrogens is 492 g/mol. The molecule has 1 amide bonds. The summed E-state index contributed by atoms with van der Waals surface area (Å²) in [7, 11) is 1.65. The largest absolute Gasteiger partial charge is 0.497 e. The molecular formula is C31H38N4O4. The first kappa shape index (κ1) is 27.1. The fourth-order valence-corrected chi connectivity index (χ4v) is 5.98. The van der Waals surface area contributed by atoms with Crippen molar-refractivity contribution in [2.24, 2.45) is 5.41 Å². The molecule has 3 aromatic rings. The quantitative estimate of drug-likeness (QED) is 0.490. The van der Waals surface area contributed by atoms with E-state index in [1.54, 1.807) is 31.9 Å². The van der Waals surface area contributed by atoms with E-state index in [1.807, 2.05) is 74.2 Å². The minimum Gasteiger partial charge on any atom is -0.497 e. The highest BCUT2D eigenvalue weighted by molar-refractivity contribution is 5.69. The van der Waals surface area contributed by atoms with E-state index in [2.05, 4.69) is 14.9 Å². The van der Waals surface area contributed by atoms with Gasteiger partial charge in [-0.2, -0.15) is 0 Å². The molecule has 2 saturated heterocycles. The molecule has 0 saturated carbocycles. The number of hydrogen-bond donors (Lipinski definition) is 1. The number of pyridine rings is 2. The van der Waals surface area contributed by atoms with Crippen LogP contribution >= 0.6 is 0 Å². The predicted octanol–water partition coefficient (Wildman–Crippen LogP) is 4.80. The number of nitrogens with zero attached hydrogens (tertiary/aromatic N) is 4. The second-order valence-corrected chi connectivity index (χ2v) is 11.8. The molecule has 2 aliphatic heterocycles. The molecule has 1 N–H and O–H groups in total. The molecule has 5 rings (SSSR count). The summed E-state index contributed by atoms with van der Waals surface area (Å²) in [4.78, 5) is 25.4. The van der Waals surface area contributed by atoms with Crippen molar-refractivity contribution in [3.8, 4) is 5.75 Å². The molecule has 0 radical (unpaired) electrons. The van der Waals surface area contributed by atoms with Crippen LogP contribution in [0, 0.1) is 5.41 Å². The summed E-state index contributed by atoms with van der Waals surface area (Å²) >= 11 is 0. The maximum absolute atomic E-state index is 12.8. The number of amides is 1. The molecule has 206 valence electrons. The number of aliphatic hydroxyl groups is 1. The third kappa shape index (κ3) is 5.49. The van der Waals surface area contributed by atoms with Gasteiger partial charge in [-0.15, -0.1) is 0 Å². The Kier molecular flexibility index (Phi) is 7.35. The maximum atomic E-state index is 12.8. The Labute approximate surface area is 230 Å². The number of ether oxygens (including phenoxy) is 2. The topological polar surface area (TPSA) is 88.0 Å². The monoisotopic (exact) mass is 530 g/mol. The van der Waals surface area contributed by atoms with Gasteiger partial charge in [-0.1, -0.05) is 24.3 Å². The molecule has 8 heteroatoms. The standard InChI is InChI=1S/C31H38N4O4/c1-29(2,3)39-28(36)35-21-30(22-35)12-16-34(17-13-30)27(23-8-5-11-26(18-23)38-4)31(37,24-9-6-14-32-19-24)25-10-7-15-33-20-25/h5-11,14-15,18-20,27,37H,12-13,16-17,21-22H2,1-4H3. The first-order chi connectivity index (χ1) is 18.6. The van der Waals surface area contributed by atoms with Crippen LogP contribution in [0.3, 0.4) is 0 Å². The molecule has 2 aliphatic rings. The molecule has 2 fully saturated rings. The van der Waals surface area contributed by atoms with E-state index in [0.29, 0.717) is 24.2 Å². The summed E-state index contributed by atoms with van der Waals surface area (Å²) in [5.74, 6) is 0.734. The SMILES string of the molecule is COc1cccc(C(N2CCC3(CC2)CN(C(=O)OC(C)(C)C)C3)C(O)(c2cccnc2)c2cccnc2)c1. The average molecular weight is 531 g/mol. The van der Waals surface area contributed by atoms with Crippen molar-refractivity contribution in [1.82, 2.24) is 19.8 Å². The van der Waals surface area contributed by atoms with E-state index in [-0.39, 0.29) is 11.5 Å². The van der Waals surface area contributed by atoms with Gasteiger partial charge in [0, 0.05) is 54.4 Å². The van der Waals surface area contributed by atoms with Gasteiger partial charge in [-0.25, -0.2) is 4.79 Å². The van der Waals surface area contributed by atoms with E-state index in [1.165, 1.54) is 0 Å². The molecule has 4 heterocycles. The van der Waals surface area contributed by atoms with Gasteiger partial charge in [0.1, 0.15) is 17.0 Å². The van der Waals surface area contributed by atoms with Gasteiger partial charge in [0.05, 0.1) is 13.2 Å². The molecule has 39 heavy (non-hydrogen) atoms. The zero-order valence-corrected chi connectivity index (χ0v) is 23.2. The first-order valence-electron chi connectivity index (χ1n) is 13.5. The first-order valence-corrected chi connectivity index (χ1v) is 13.5. The Balaban J connectivity index is 1.46. The van der Waals surface area contributed by atoms with Crippen LogP contribution in [0.4, 0.5) is 4.79 Å². The van der Waals surface area contributed by atoms with Crippen LogP contribution in [0.25, 0.3) is 0 Å². The molecule has 0 aliphatic carbocycles. The zero-order valence-electron chi connectivity index (χ0n) is 23.2. The fraction of sp³-hybridized carbons (Fsp3) is 0.452. The number of carbonyl (C=O) groups is 1. The van der Waals surface area contributed by atoms with E-state index in [0.717, 1.165) is 37.2 Å². The number of aromatic nitrogens is 2. The number of methoxy groups -OCH3 is 1. The lowest BCUT2D eigenvalue weighted by molar-refractivity contribution is -0.0864. The Hall–Kier alpha value is -3.49. The Bertz CT molecular complexity index is 1220. The van der Waals surface area contributed by atoms with E-state index >= 15 is 0 Å². The summed E-state index contributed by atoms with van der Waals surface area (Å²) < 4.78 is 11.1. The van der Waals surface area contributed by atoms with Gasteiger partial charge in [0.15, 0.2) is 0 Å². The average Bonchev–Trinajstić information content (AvgIpc) is 2.92. The molecule has 1 spiro atoms. The molecule has 0 bridgehead atoms. The lowest BCUT2D eigenvalue weighted by atomic mass is 9.70. The zero-order chi connectivity index (χ0) is 27.7. The van der Waals surface area contributed by atoms with Crippen LogP contribution in [0.2, 0.25) is 0 Å². The highest BCUT2D eigenvalue weighted by atomic mass is 16.6. The van der Waals surface area contributed by atoms with Gasteiger partial charge in [0.25, 0.3) is 0 Å². The normalized spacial score (nSPS) is 18.3. The number of benzene rings is 1. The van der Waals surface area contributed by atoms with E-state index < -0.39 is 17.2 Å². The number of likely N-dealkylation sites (tertiary alicyclic amines) is 2. The van der Waals surface area contributed by atoms with Crippen molar-refractivity contribution in [2.75, 3.05) is 33.3 Å². The van der Waals surface area contributed by atoms with Crippen molar-refractivity contribution < 1.29 is 19.4 Å². The summed E-state index contributed by atoms with van der Waals surface area (Å²) in [6, 6.07) is 15.0. The second-order valence-electron chi connectivity index (χ2n) is 11.8. The van der Waals surface area contributed by atoms with Crippen LogP contribution in [0.15, 0.2) is 73.3 Å². The Morgan fingerprint density at radius 1 is 0.974 bits per heavy atom. The highest BCUT2D eigenvalue weighted by Gasteiger charge is 2.51. The number of carbonyl (C=O) groups excluding carboxylic acids is 1.